The Kier molecular flexibility index (Phi) is 9.70. The summed E-state index contributed by atoms with van der Waals surface area (Å²) in [6.45, 7) is 4.27. The van der Waals surface area contributed by atoms with Gasteiger partial charge in [-0.05, 0) is 39.5 Å². The second kappa shape index (κ2) is 11.1. The maximum absolute atomic E-state index is 8.44. The van der Waals surface area contributed by atoms with E-state index >= 15 is 0 Å². The quantitative estimate of drug-likeness (QED) is 0.532. The molecule has 0 unspecified atom stereocenters. The molecule has 0 aromatic heterocycles. The maximum atomic E-state index is 8.44. The Hall–Kier alpha value is -0.590. The van der Waals surface area contributed by atoms with E-state index in [2.05, 4.69) is 19.9 Å². The van der Waals surface area contributed by atoms with Gasteiger partial charge in [0.25, 0.3) is 0 Å². The van der Waals surface area contributed by atoms with E-state index in [1.807, 2.05) is 0 Å². The van der Waals surface area contributed by atoms with Gasteiger partial charge in [-0.25, -0.2) is 0 Å². The smallest absolute Gasteiger partial charge is 0.158 e. The van der Waals surface area contributed by atoms with Crippen molar-refractivity contribution in [1.29, 1.82) is 5.26 Å². The number of nitriles is 1. The summed E-state index contributed by atoms with van der Waals surface area (Å²) in [7, 11) is 0. The normalized spacial score (nSPS) is 26.4. The van der Waals surface area contributed by atoms with E-state index in [0.717, 1.165) is 25.7 Å². The number of unbranched alkanes of at least 4 members (excludes halogenated alkanes) is 8. The Bertz CT molecular complexity index is 265. The molecule has 0 bridgehead atoms. The van der Waals surface area contributed by atoms with Crippen molar-refractivity contribution in [1.82, 2.24) is 0 Å². The van der Waals surface area contributed by atoms with E-state index in [9.17, 15) is 0 Å². The molecule has 1 rings (SSSR count). The zero-order chi connectivity index (χ0) is 14.6. The molecule has 2 atom stereocenters. The van der Waals surface area contributed by atoms with Crippen molar-refractivity contribution >= 4 is 0 Å². The topological polar surface area (TPSA) is 42.2 Å². The van der Waals surface area contributed by atoms with Crippen LogP contribution in [0, 0.1) is 11.3 Å². The third kappa shape index (κ3) is 8.55. The van der Waals surface area contributed by atoms with Gasteiger partial charge in [0, 0.05) is 6.42 Å². The molecule has 0 saturated carbocycles. The van der Waals surface area contributed by atoms with Crippen LogP contribution in [0.15, 0.2) is 0 Å². The zero-order valence-corrected chi connectivity index (χ0v) is 13.3. The van der Waals surface area contributed by atoms with E-state index in [4.69, 9.17) is 14.7 Å². The first-order valence-corrected chi connectivity index (χ1v) is 8.40. The molecule has 0 N–H and O–H groups in total. The van der Waals surface area contributed by atoms with Gasteiger partial charge in [0.15, 0.2) is 6.29 Å². The lowest BCUT2D eigenvalue weighted by atomic mass is 10.1. The minimum atomic E-state index is 0.0275. The summed E-state index contributed by atoms with van der Waals surface area (Å²) in [4.78, 5) is 0. The monoisotopic (exact) mass is 281 g/mol. The van der Waals surface area contributed by atoms with Crippen LogP contribution in [-0.4, -0.2) is 18.5 Å². The van der Waals surface area contributed by atoms with Gasteiger partial charge in [0.1, 0.15) is 0 Å². The molecular weight excluding hydrogens is 250 g/mol. The van der Waals surface area contributed by atoms with Crippen molar-refractivity contribution in [2.45, 2.75) is 103 Å². The molecule has 3 nitrogen and oxygen atoms in total. The molecule has 0 radical (unpaired) electrons. The summed E-state index contributed by atoms with van der Waals surface area (Å²) in [5.74, 6) is 0. The Morgan fingerprint density at radius 3 is 1.90 bits per heavy atom. The van der Waals surface area contributed by atoms with Gasteiger partial charge in [0.2, 0.25) is 0 Å². The van der Waals surface area contributed by atoms with Crippen LogP contribution in [-0.2, 0) is 9.47 Å². The molecule has 0 aromatic carbocycles. The van der Waals surface area contributed by atoms with Crippen LogP contribution in [0.2, 0.25) is 0 Å². The predicted molar refractivity (Wildman–Crippen MR) is 81.3 cm³/mol. The second-order valence-electron chi connectivity index (χ2n) is 6.08. The third-order valence-electron chi connectivity index (χ3n) is 3.91. The highest BCUT2D eigenvalue weighted by atomic mass is 16.7. The summed E-state index contributed by atoms with van der Waals surface area (Å²) < 4.78 is 11.6. The van der Waals surface area contributed by atoms with E-state index in [1.54, 1.807) is 0 Å². The van der Waals surface area contributed by atoms with Crippen LogP contribution < -0.4 is 0 Å². The standard InChI is InChI=1S/C17H31NO2/c1-15-14-16(2)20-17(19-15)12-10-8-6-4-3-5-7-9-11-13-18/h15-17H,3-12,14H2,1-2H3/t15-,16-/m1/s1. The number of rotatable bonds is 10. The molecule has 116 valence electrons. The van der Waals surface area contributed by atoms with Crippen LogP contribution in [0.25, 0.3) is 0 Å². The number of hydrogen-bond donors (Lipinski definition) is 0. The predicted octanol–water partition coefficient (Wildman–Crippen LogP) is 4.95. The molecular formula is C17H31NO2. The van der Waals surface area contributed by atoms with Crippen molar-refractivity contribution in [2.75, 3.05) is 0 Å². The Balaban J connectivity index is 1.86. The van der Waals surface area contributed by atoms with Gasteiger partial charge < -0.3 is 9.47 Å². The lowest BCUT2D eigenvalue weighted by molar-refractivity contribution is -0.236. The summed E-state index contributed by atoms with van der Waals surface area (Å²) in [5, 5.41) is 8.44. The molecule has 0 amide bonds. The van der Waals surface area contributed by atoms with Gasteiger partial charge in [-0.1, -0.05) is 38.5 Å². The largest absolute Gasteiger partial charge is 0.350 e. The minimum absolute atomic E-state index is 0.0275. The van der Waals surface area contributed by atoms with Gasteiger partial charge >= 0.3 is 0 Å². The van der Waals surface area contributed by atoms with E-state index in [0.29, 0.717) is 12.2 Å². The van der Waals surface area contributed by atoms with Crippen molar-refractivity contribution in [3.05, 3.63) is 0 Å². The molecule has 1 heterocycles. The highest BCUT2D eigenvalue weighted by Gasteiger charge is 2.24. The molecule has 1 aliphatic heterocycles. The average Bonchev–Trinajstić information content (AvgIpc) is 2.40. The minimum Gasteiger partial charge on any atom is -0.350 e. The van der Waals surface area contributed by atoms with Crippen molar-refractivity contribution in [2.24, 2.45) is 0 Å². The molecule has 1 saturated heterocycles. The van der Waals surface area contributed by atoms with Crippen molar-refractivity contribution in [3.63, 3.8) is 0 Å². The van der Waals surface area contributed by atoms with Crippen LogP contribution in [0.1, 0.15) is 84.5 Å². The maximum Gasteiger partial charge on any atom is 0.158 e. The summed E-state index contributed by atoms with van der Waals surface area (Å²) in [6.07, 6.45) is 13.5. The lowest BCUT2D eigenvalue weighted by Crippen LogP contribution is -2.35. The first kappa shape index (κ1) is 17.5. The summed E-state index contributed by atoms with van der Waals surface area (Å²) in [6, 6.07) is 2.20. The number of hydrogen-bond acceptors (Lipinski definition) is 3. The molecule has 3 heteroatoms. The van der Waals surface area contributed by atoms with Gasteiger partial charge in [-0.15, -0.1) is 0 Å². The highest BCUT2D eigenvalue weighted by Crippen LogP contribution is 2.22. The van der Waals surface area contributed by atoms with Crippen LogP contribution in [0.4, 0.5) is 0 Å². The molecule has 0 spiro atoms. The summed E-state index contributed by atoms with van der Waals surface area (Å²) in [5.41, 5.74) is 0. The fourth-order valence-electron chi connectivity index (χ4n) is 2.84. The van der Waals surface area contributed by atoms with Gasteiger partial charge in [0.05, 0.1) is 18.3 Å². The van der Waals surface area contributed by atoms with Crippen LogP contribution in [0.5, 0.6) is 0 Å². The van der Waals surface area contributed by atoms with E-state index < -0.39 is 0 Å². The zero-order valence-electron chi connectivity index (χ0n) is 13.3. The Morgan fingerprint density at radius 2 is 1.35 bits per heavy atom. The van der Waals surface area contributed by atoms with Crippen LogP contribution >= 0.6 is 0 Å². The first-order valence-electron chi connectivity index (χ1n) is 8.40. The van der Waals surface area contributed by atoms with Crippen LogP contribution in [0.3, 0.4) is 0 Å². The molecule has 20 heavy (non-hydrogen) atoms. The van der Waals surface area contributed by atoms with Gasteiger partial charge in [-0.2, -0.15) is 5.26 Å². The Labute approximate surface area is 124 Å². The van der Waals surface area contributed by atoms with Gasteiger partial charge in [-0.3, -0.25) is 0 Å². The highest BCUT2D eigenvalue weighted by molar-refractivity contribution is 4.68. The van der Waals surface area contributed by atoms with Crippen molar-refractivity contribution in [3.8, 4) is 6.07 Å². The second-order valence-corrected chi connectivity index (χ2v) is 6.08. The van der Waals surface area contributed by atoms with E-state index in [1.165, 1.54) is 44.9 Å². The molecule has 1 aliphatic rings. The third-order valence-corrected chi connectivity index (χ3v) is 3.91. The average molecular weight is 281 g/mol. The fraction of sp³-hybridized carbons (Fsp3) is 0.941. The summed E-state index contributed by atoms with van der Waals surface area (Å²) >= 11 is 0. The molecule has 1 fully saturated rings. The number of nitrogens with zero attached hydrogens (tertiary/aromatic N) is 1. The van der Waals surface area contributed by atoms with Crippen molar-refractivity contribution < 1.29 is 9.47 Å². The Morgan fingerprint density at radius 1 is 0.850 bits per heavy atom. The SMILES string of the molecule is C[C@@H]1C[C@@H](C)OC(CCCCCCCCCCC#N)O1. The molecule has 0 aromatic rings. The fourth-order valence-corrected chi connectivity index (χ4v) is 2.84. The molecule has 0 aliphatic carbocycles. The first-order chi connectivity index (χ1) is 9.72. The number of ether oxygens (including phenoxy) is 2. The lowest BCUT2D eigenvalue weighted by Gasteiger charge is -2.32. The van der Waals surface area contributed by atoms with E-state index in [-0.39, 0.29) is 6.29 Å².